The molecule has 2 rings (SSSR count). The lowest BCUT2D eigenvalue weighted by Gasteiger charge is -2.12. The standard InChI is InChI=1S/C9H13N5O2/c1-6(5-10-2)16-8-4-3-7-11-12-9(15)14(7)13-8/h3-4,6,10H,5H2,1-2H3,(H,12,15). The van der Waals surface area contributed by atoms with Crippen LogP contribution < -0.4 is 15.7 Å². The van der Waals surface area contributed by atoms with Crippen LogP contribution in [-0.2, 0) is 0 Å². The molecular weight excluding hydrogens is 210 g/mol. The minimum atomic E-state index is -0.373. The first-order valence-electron chi connectivity index (χ1n) is 4.96. The molecule has 0 fully saturated rings. The summed E-state index contributed by atoms with van der Waals surface area (Å²) in [6.07, 6.45) is -0.0162. The molecule has 2 aromatic rings. The molecule has 1 atom stereocenters. The molecule has 2 N–H and O–H groups in total. The van der Waals surface area contributed by atoms with Crippen molar-refractivity contribution in [3.05, 3.63) is 22.6 Å². The molecule has 0 bridgehead atoms. The van der Waals surface area contributed by atoms with E-state index in [1.54, 1.807) is 12.1 Å². The zero-order valence-corrected chi connectivity index (χ0v) is 9.10. The van der Waals surface area contributed by atoms with Crippen LogP contribution in [0.2, 0.25) is 0 Å². The summed E-state index contributed by atoms with van der Waals surface area (Å²) in [5.74, 6) is 0.402. The maximum atomic E-state index is 11.3. The average Bonchev–Trinajstić information content (AvgIpc) is 2.61. The molecular formula is C9H13N5O2. The number of hydrogen-bond acceptors (Lipinski definition) is 5. The Kier molecular flexibility index (Phi) is 2.86. The van der Waals surface area contributed by atoms with Gasteiger partial charge in [-0.2, -0.15) is 9.61 Å². The number of rotatable bonds is 4. The molecule has 0 aliphatic heterocycles. The molecule has 2 heterocycles. The van der Waals surface area contributed by atoms with E-state index in [0.717, 1.165) is 0 Å². The fourth-order valence-corrected chi connectivity index (χ4v) is 1.38. The lowest BCUT2D eigenvalue weighted by atomic mass is 10.4. The number of aromatic amines is 1. The van der Waals surface area contributed by atoms with Gasteiger partial charge in [0, 0.05) is 12.6 Å². The number of ether oxygens (including phenoxy) is 1. The number of nitrogens with one attached hydrogen (secondary N) is 2. The Morgan fingerprint density at radius 2 is 2.44 bits per heavy atom. The normalized spacial score (nSPS) is 12.9. The van der Waals surface area contributed by atoms with Gasteiger partial charge in [0.05, 0.1) is 0 Å². The zero-order chi connectivity index (χ0) is 11.5. The Labute approximate surface area is 91.4 Å². The summed E-state index contributed by atoms with van der Waals surface area (Å²) in [6, 6.07) is 3.36. The summed E-state index contributed by atoms with van der Waals surface area (Å²) in [4.78, 5) is 11.3. The highest BCUT2D eigenvalue weighted by molar-refractivity contribution is 5.35. The molecule has 86 valence electrons. The fourth-order valence-electron chi connectivity index (χ4n) is 1.38. The van der Waals surface area contributed by atoms with Gasteiger partial charge < -0.3 is 10.1 Å². The number of H-pyrrole nitrogens is 1. The minimum absolute atomic E-state index is 0.0162. The number of aromatic nitrogens is 4. The molecule has 7 heteroatoms. The highest BCUT2D eigenvalue weighted by atomic mass is 16.5. The van der Waals surface area contributed by atoms with Gasteiger partial charge in [0.1, 0.15) is 6.10 Å². The van der Waals surface area contributed by atoms with Crippen LogP contribution in [0.1, 0.15) is 6.92 Å². The van der Waals surface area contributed by atoms with Gasteiger partial charge in [0.15, 0.2) is 5.65 Å². The fraction of sp³-hybridized carbons (Fsp3) is 0.444. The minimum Gasteiger partial charge on any atom is -0.472 e. The molecule has 7 nitrogen and oxygen atoms in total. The third-order valence-corrected chi connectivity index (χ3v) is 2.06. The Balaban J connectivity index is 2.25. The van der Waals surface area contributed by atoms with E-state index in [2.05, 4.69) is 20.6 Å². The van der Waals surface area contributed by atoms with Crippen LogP contribution in [0.15, 0.2) is 16.9 Å². The summed E-state index contributed by atoms with van der Waals surface area (Å²) >= 11 is 0. The Hall–Kier alpha value is -1.89. The molecule has 1 unspecified atom stereocenters. The molecule has 0 aliphatic carbocycles. The van der Waals surface area contributed by atoms with Gasteiger partial charge in [-0.1, -0.05) is 0 Å². The molecule has 0 saturated heterocycles. The lowest BCUT2D eigenvalue weighted by molar-refractivity contribution is 0.208. The van der Waals surface area contributed by atoms with Gasteiger partial charge in [-0.15, -0.1) is 5.10 Å². The van der Waals surface area contributed by atoms with E-state index in [9.17, 15) is 4.79 Å². The van der Waals surface area contributed by atoms with E-state index >= 15 is 0 Å². The van der Waals surface area contributed by atoms with Crippen molar-refractivity contribution in [2.45, 2.75) is 13.0 Å². The van der Waals surface area contributed by atoms with E-state index in [1.807, 2.05) is 14.0 Å². The highest BCUT2D eigenvalue weighted by Gasteiger charge is 2.06. The van der Waals surface area contributed by atoms with Gasteiger partial charge in [0.25, 0.3) is 0 Å². The summed E-state index contributed by atoms with van der Waals surface area (Å²) in [7, 11) is 1.84. The lowest BCUT2D eigenvalue weighted by Crippen LogP contribution is -2.26. The van der Waals surface area contributed by atoms with Crippen molar-refractivity contribution in [3.8, 4) is 5.88 Å². The van der Waals surface area contributed by atoms with Crippen molar-refractivity contribution in [2.75, 3.05) is 13.6 Å². The van der Waals surface area contributed by atoms with Crippen LogP contribution in [0.4, 0.5) is 0 Å². The van der Waals surface area contributed by atoms with Crippen molar-refractivity contribution in [1.82, 2.24) is 25.1 Å². The van der Waals surface area contributed by atoms with Crippen LogP contribution in [0.3, 0.4) is 0 Å². The van der Waals surface area contributed by atoms with Crippen LogP contribution in [-0.4, -0.2) is 39.5 Å². The maximum Gasteiger partial charge on any atom is 0.364 e. The second-order valence-electron chi connectivity index (χ2n) is 3.46. The molecule has 2 aromatic heterocycles. The third-order valence-electron chi connectivity index (χ3n) is 2.06. The quantitative estimate of drug-likeness (QED) is 0.723. The Morgan fingerprint density at radius 3 is 3.19 bits per heavy atom. The SMILES string of the molecule is CNCC(C)Oc1ccc2n[nH]c(=O)n2n1. The third kappa shape index (κ3) is 2.03. The second kappa shape index (κ2) is 4.31. The van der Waals surface area contributed by atoms with Gasteiger partial charge in [-0.25, -0.2) is 9.89 Å². The molecule has 0 amide bonds. The largest absolute Gasteiger partial charge is 0.472 e. The molecule has 0 radical (unpaired) electrons. The van der Waals surface area contributed by atoms with E-state index in [4.69, 9.17) is 4.74 Å². The topological polar surface area (TPSA) is 84.3 Å². The van der Waals surface area contributed by atoms with Crippen molar-refractivity contribution in [1.29, 1.82) is 0 Å². The maximum absolute atomic E-state index is 11.3. The summed E-state index contributed by atoms with van der Waals surface area (Å²) in [6.45, 7) is 2.63. The van der Waals surface area contributed by atoms with Crippen molar-refractivity contribution < 1.29 is 4.74 Å². The van der Waals surface area contributed by atoms with E-state index < -0.39 is 0 Å². The predicted molar refractivity (Wildman–Crippen MR) is 57.6 cm³/mol. The number of likely N-dealkylation sites (N-methyl/N-ethyl adjacent to an activating group) is 1. The molecule has 0 aromatic carbocycles. The first-order chi connectivity index (χ1) is 7.70. The van der Waals surface area contributed by atoms with Crippen LogP contribution in [0.25, 0.3) is 5.65 Å². The first kappa shape index (κ1) is 10.6. The molecule has 0 saturated carbocycles. The van der Waals surface area contributed by atoms with E-state index in [1.165, 1.54) is 4.52 Å². The average molecular weight is 223 g/mol. The van der Waals surface area contributed by atoms with Gasteiger partial charge in [-0.05, 0) is 20.0 Å². The monoisotopic (exact) mass is 223 g/mol. The van der Waals surface area contributed by atoms with Gasteiger partial charge in [0.2, 0.25) is 5.88 Å². The molecule has 0 aliphatic rings. The van der Waals surface area contributed by atoms with E-state index in [-0.39, 0.29) is 11.8 Å². The zero-order valence-electron chi connectivity index (χ0n) is 9.10. The number of nitrogens with zero attached hydrogens (tertiary/aromatic N) is 3. The van der Waals surface area contributed by atoms with Gasteiger partial charge in [-0.3, -0.25) is 0 Å². The Morgan fingerprint density at radius 1 is 1.62 bits per heavy atom. The van der Waals surface area contributed by atoms with Crippen LogP contribution in [0, 0.1) is 0 Å². The van der Waals surface area contributed by atoms with E-state index in [0.29, 0.717) is 18.1 Å². The number of fused-ring (bicyclic) bond motifs is 1. The second-order valence-corrected chi connectivity index (χ2v) is 3.46. The summed E-state index contributed by atoms with van der Waals surface area (Å²) < 4.78 is 6.68. The molecule has 0 spiro atoms. The molecule has 16 heavy (non-hydrogen) atoms. The predicted octanol–water partition coefficient (Wildman–Crippen LogP) is -0.596. The smallest absolute Gasteiger partial charge is 0.364 e. The van der Waals surface area contributed by atoms with Crippen LogP contribution in [0.5, 0.6) is 5.88 Å². The highest BCUT2D eigenvalue weighted by Crippen LogP contribution is 2.07. The first-order valence-corrected chi connectivity index (χ1v) is 4.96. The number of hydrogen-bond donors (Lipinski definition) is 2. The summed E-state index contributed by atoms with van der Waals surface area (Å²) in [5, 5.41) is 13.1. The van der Waals surface area contributed by atoms with Crippen LogP contribution >= 0.6 is 0 Å². The van der Waals surface area contributed by atoms with Gasteiger partial charge >= 0.3 is 5.69 Å². The summed E-state index contributed by atoms with van der Waals surface area (Å²) in [5.41, 5.74) is 0.0975. The van der Waals surface area contributed by atoms with Crippen molar-refractivity contribution in [2.24, 2.45) is 0 Å². The van der Waals surface area contributed by atoms with Crippen molar-refractivity contribution >= 4 is 5.65 Å². The Bertz CT molecular complexity index is 532. The van der Waals surface area contributed by atoms with Crippen molar-refractivity contribution in [3.63, 3.8) is 0 Å².